The number of carbonyl (C=O) groups is 1. The Morgan fingerprint density at radius 1 is 1.17 bits per heavy atom. The number of morpholine rings is 1. The third kappa shape index (κ3) is 4.08. The Hall–Kier alpha value is -2.40. The first-order valence-electron chi connectivity index (χ1n) is 9.36. The number of halogens is 1. The number of nitrogens with one attached hydrogen (secondary N) is 1. The van der Waals surface area contributed by atoms with Gasteiger partial charge in [0, 0.05) is 18.7 Å². The van der Waals surface area contributed by atoms with Crippen LogP contribution in [0.15, 0.2) is 47.4 Å². The monoisotopic (exact) mass is 449 g/mol. The smallest absolute Gasteiger partial charge is 0.257 e. The van der Waals surface area contributed by atoms with Gasteiger partial charge in [-0.05, 0) is 50.2 Å². The van der Waals surface area contributed by atoms with E-state index in [0.29, 0.717) is 4.70 Å². The van der Waals surface area contributed by atoms with Crippen LogP contribution in [0.25, 0.3) is 10.2 Å². The van der Waals surface area contributed by atoms with Gasteiger partial charge in [-0.2, -0.15) is 4.31 Å². The lowest BCUT2D eigenvalue weighted by molar-refractivity contribution is -0.0440. The molecule has 1 saturated heterocycles. The topological polar surface area (TPSA) is 88.6 Å². The minimum Gasteiger partial charge on any atom is -0.373 e. The average molecular weight is 450 g/mol. The van der Waals surface area contributed by atoms with Gasteiger partial charge in [-0.15, -0.1) is 0 Å². The SMILES string of the molecule is CC1CN(S(=O)(=O)c2ccc(C(=O)Nc3nc4c(F)cccc4s3)cc2)CC(C)O1. The second-order valence-corrected chi connectivity index (χ2v) is 10.1. The molecule has 1 N–H and O–H groups in total. The zero-order chi connectivity index (χ0) is 21.5. The number of carbonyl (C=O) groups excluding carboxylic acids is 1. The largest absolute Gasteiger partial charge is 0.373 e. The van der Waals surface area contributed by atoms with Crippen LogP contribution in [0.3, 0.4) is 0 Å². The van der Waals surface area contributed by atoms with Gasteiger partial charge in [0.15, 0.2) is 5.13 Å². The van der Waals surface area contributed by atoms with E-state index in [1.807, 2.05) is 13.8 Å². The van der Waals surface area contributed by atoms with E-state index in [1.54, 1.807) is 12.1 Å². The van der Waals surface area contributed by atoms with Crippen molar-refractivity contribution in [2.24, 2.45) is 0 Å². The van der Waals surface area contributed by atoms with Crippen molar-refractivity contribution in [1.82, 2.24) is 9.29 Å². The highest BCUT2D eigenvalue weighted by Crippen LogP contribution is 2.28. The molecule has 0 radical (unpaired) electrons. The van der Waals surface area contributed by atoms with E-state index in [2.05, 4.69) is 10.3 Å². The molecule has 0 bridgehead atoms. The zero-order valence-electron chi connectivity index (χ0n) is 16.3. The molecule has 1 aliphatic rings. The van der Waals surface area contributed by atoms with Crippen LogP contribution >= 0.6 is 11.3 Å². The van der Waals surface area contributed by atoms with Crippen molar-refractivity contribution < 1.29 is 22.3 Å². The molecule has 7 nitrogen and oxygen atoms in total. The van der Waals surface area contributed by atoms with Crippen molar-refractivity contribution >= 4 is 42.6 Å². The second kappa shape index (κ2) is 8.03. The highest BCUT2D eigenvalue weighted by Gasteiger charge is 2.32. The molecule has 0 aliphatic carbocycles. The Kier molecular flexibility index (Phi) is 5.58. The van der Waals surface area contributed by atoms with Gasteiger partial charge in [-0.1, -0.05) is 17.4 Å². The molecule has 1 aliphatic heterocycles. The van der Waals surface area contributed by atoms with Crippen LogP contribution in [0, 0.1) is 5.82 Å². The molecule has 1 aromatic heterocycles. The molecule has 2 atom stereocenters. The van der Waals surface area contributed by atoms with Crippen molar-refractivity contribution in [2.45, 2.75) is 31.0 Å². The van der Waals surface area contributed by atoms with E-state index in [9.17, 15) is 17.6 Å². The van der Waals surface area contributed by atoms with Crippen molar-refractivity contribution in [3.05, 3.63) is 53.8 Å². The Morgan fingerprint density at radius 2 is 1.83 bits per heavy atom. The first-order valence-corrected chi connectivity index (χ1v) is 11.6. The number of amides is 1. The summed E-state index contributed by atoms with van der Waals surface area (Å²) in [5, 5.41) is 2.90. The van der Waals surface area contributed by atoms with Gasteiger partial charge in [0.05, 0.1) is 21.8 Å². The summed E-state index contributed by atoms with van der Waals surface area (Å²) in [5.41, 5.74) is 0.477. The molecule has 3 aromatic rings. The van der Waals surface area contributed by atoms with E-state index in [0.717, 1.165) is 11.3 Å². The van der Waals surface area contributed by atoms with E-state index < -0.39 is 21.7 Å². The summed E-state index contributed by atoms with van der Waals surface area (Å²) in [6.45, 7) is 4.23. The summed E-state index contributed by atoms with van der Waals surface area (Å²) in [5.74, 6) is -0.905. The lowest BCUT2D eigenvalue weighted by Gasteiger charge is -2.34. The first-order chi connectivity index (χ1) is 14.2. The fourth-order valence-electron chi connectivity index (χ4n) is 3.39. The predicted octanol–water partition coefficient (Wildman–Crippen LogP) is 3.49. The highest BCUT2D eigenvalue weighted by atomic mass is 32.2. The molecule has 1 fully saturated rings. The van der Waals surface area contributed by atoms with E-state index in [-0.39, 0.29) is 46.4 Å². The van der Waals surface area contributed by atoms with Crippen molar-refractivity contribution in [1.29, 1.82) is 0 Å². The van der Waals surface area contributed by atoms with Crippen LogP contribution in [-0.2, 0) is 14.8 Å². The molecule has 0 spiro atoms. The number of ether oxygens (including phenoxy) is 1. The number of hydrogen-bond acceptors (Lipinski definition) is 6. The van der Waals surface area contributed by atoms with Crippen molar-refractivity contribution in [3.8, 4) is 0 Å². The molecule has 2 aromatic carbocycles. The molecule has 30 heavy (non-hydrogen) atoms. The molecule has 4 rings (SSSR count). The van der Waals surface area contributed by atoms with Crippen LogP contribution in [-0.4, -0.2) is 48.9 Å². The van der Waals surface area contributed by atoms with Gasteiger partial charge in [-0.3, -0.25) is 10.1 Å². The first kappa shape index (κ1) is 20.9. The maximum absolute atomic E-state index is 13.8. The lowest BCUT2D eigenvalue weighted by Crippen LogP contribution is -2.48. The maximum atomic E-state index is 13.8. The number of nitrogens with zero attached hydrogens (tertiary/aromatic N) is 2. The van der Waals surface area contributed by atoms with Crippen LogP contribution in [0.2, 0.25) is 0 Å². The molecule has 0 saturated carbocycles. The fourth-order valence-corrected chi connectivity index (χ4v) is 5.86. The van der Waals surface area contributed by atoms with Gasteiger partial charge < -0.3 is 4.74 Å². The van der Waals surface area contributed by atoms with Gasteiger partial charge in [0.2, 0.25) is 10.0 Å². The number of aromatic nitrogens is 1. The third-order valence-corrected chi connectivity index (χ3v) is 7.51. The Bertz CT molecular complexity index is 1180. The van der Waals surface area contributed by atoms with Gasteiger partial charge in [0.1, 0.15) is 11.3 Å². The van der Waals surface area contributed by atoms with Crippen LogP contribution in [0.5, 0.6) is 0 Å². The molecular weight excluding hydrogens is 429 g/mol. The number of fused-ring (bicyclic) bond motifs is 1. The van der Waals surface area contributed by atoms with Gasteiger partial charge >= 0.3 is 0 Å². The molecular formula is C20H20FN3O4S2. The molecule has 2 heterocycles. The van der Waals surface area contributed by atoms with Crippen LogP contribution in [0.1, 0.15) is 24.2 Å². The van der Waals surface area contributed by atoms with E-state index in [1.165, 1.54) is 34.6 Å². The summed E-state index contributed by atoms with van der Waals surface area (Å²) >= 11 is 1.16. The summed E-state index contributed by atoms with van der Waals surface area (Å²) < 4.78 is 47.2. The minimum atomic E-state index is -3.68. The van der Waals surface area contributed by atoms with Gasteiger partial charge in [-0.25, -0.2) is 17.8 Å². The molecule has 10 heteroatoms. The van der Waals surface area contributed by atoms with Gasteiger partial charge in [0.25, 0.3) is 5.91 Å². The van der Waals surface area contributed by atoms with Crippen molar-refractivity contribution in [2.75, 3.05) is 18.4 Å². The number of thiazole rings is 1. The van der Waals surface area contributed by atoms with E-state index in [4.69, 9.17) is 4.74 Å². The molecule has 2 unspecified atom stereocenters. The lowest BCUT2D eigenvalue weighted by atomic mass is 10.2. The highest BCUT2D eigenvalue weighted by molar-refractivity contribution is 7.89. The maximum Gasteiger partial charge on any atom is 0.257 e. The predicted molar refractivity (Wildman–Crippen MR) is 113 cm³/mol. The summed E-state index contributed by atoms with van der Waals surface area (Å²) in [7, 11) is -3.68. The summed E-state index contributed by atoms with van der Waals surface area (Å²) in [6.07, 6.45) is -0.376. The number of hydrogen-bond donors (Lipinski definition) is 1. The third-order valence-electron chi connectivity index (χ3n) is 4.73. The quantitative estimate of drug-likeness (QED) is 0.659. The fraction of sp³-hybridized carbons (Fsp3) is 0.300. The number of benzene rings is 2. The number of para-hydroxylation sites is 1. The summed E-state index contributed by atoms with van der Waals surface area (Å²) in [4.78, 5) is 16.7. The van der Waals surface area contributed by atoms with E-state index >= 15 is 0 Å². The standard InChI is InChI=1S/C20H20FN3O4S2/c1-12-10-24(11-13(2)28-12)30(26,27)15-8-6-14(7-9-15)19(25)23-20-22-18-16(21)4-3-5-17(18)29-20/h3-9,12-13H,10-11H2,1-2H3,(H,22,23,25). The number of rotatable bonds is 4. The molecule has 158 valence electrons. The zero-order valence-corrected chi connectivity index (χ0v) is 18.0. The number of anilines is 1. The van der Waals surface area contributed by atoms with Crippen molar-refractivity contribution in [3.63, 3.8) is 0 Å². The Morgan fingerprint density at radius 3 is 2.47 bits per heavy atom. The minimum absolute atomic E-state index is 0.113. The number of sulfonamides is 1. The van der Waals surface area contributed by atoms with Crippen LogP contribution < -0.4 is 5.32 Å². The molecule has 1 amide bonds. The summed E-state index contributed by atoms with van der Waals surface area (Å²) in [6, 6.07) is 10.3. The normalized spacial score (nSPS) is 20.4. The second-order valence-electron chi connectivity index (χ2n) is 7.16. The Labute approximate surface area is 177 Å². The van der Waals surface area contributed by atoms with Crippen LogP contribution in [0.4, 0.5) is 9.52 Å². The average Bonchev–Trinajstić information content (AvgIpc) is 3.11. The Balaban J connectivity index is 1.51.